The summed E-state index contributed by atoms with van der Waals surface area (Å²) in [6.07, 6.45) is 3.27. The molecule has 0 radical (unpaired) electrons. The molecule has 1 aliphatic rings. The lowest BCUT2D eigenvalue weighted by molar-refractivity contribution is -0.0219. The Labute approximate surface area is 181 Å². The Morgan fingerprint density at radius 1 is 1.10 bits per heavy atom. The Hall–Kier alpha value is -1.98. The Balaban J connectivity index is 1.76. The summed E-state index contributed by atoms with van der Waals surface area (Å²) in [4.78, 5) is 2.39. The molecule has 4 nitrogen and oxygen atoms in total. The van der Waals surface area contributed by atoms with E-state index < -0.39 is 6.10 Å². The molecule has 1 aliphatic heterocycles. The van der Waals surface area contributed by atoms with Gasteiger partial charge >= 0.3 is 0 Å². The molecule has 1 heterocycles. The Kier molecular flexibility index (Phi) is 8.64. The molecule has 30 heavy (non-hydrogen) atoms. The van der Waals surface area contributed by atoms with Gasteiger partial charge in [0.05, 0.1) is 32.0 Å². The van der Waals surface area contributed by atoms with Gasteiger partial charge in [0.25, 0.3) is 0 Å². The van der Waals surface area contributed by atoms with E-state index in [0.717, 1.165) is 6.42 Å². The summed E-state index contributed by atoms with van der Waals surface area (Å²) >= 11 is 0. The highest BCUT2D eigenvalue weighted by molar-refractivity contribution is 5.34. The topological polar surface area (TPSA) is 41.9 Å². The van der Waals surface area contributed by atoms with E-state index in [1.165, 1.54) is 22.3 Å². The van der Waals surface area contributed by atoms with Crippen LogP contribution in [-0.4, -0.2) is 49.0 Å². The van der Waals surface area contributed by atoms with Crippen molar-refractivity contribution in [3.05, 3.63) is 82.9 Å². The van der Waals surface area contributed by atoms with Gasteiger partial charge in [0.2, 0.25) is 0 Å². The number of nitrogens with zero attached hydrogens (tertiary/aromatic N) is 1. The maximum Gasteiger partial charge on any atom is 0.0717 e. The van der Waals surface area contributed by atoms with Crippen LogP contribution in [0.4, 0.5) is 0 Å². The van der Waals surface area contributed by atoms with Crippen molar-refractivity contribution < 1.29 is 14.6 Å². The molecule has 0 amide bonds. The molecule has 2 aromatic carbocycles. The van der Waals surface area contributed by atoms with E-state index in [4.69, 9.17) is 9.47 Å². The molecule has 0 aromatic heterocycles. The minimum absolute atomic E-state index is 0.117. The van der Waals surface area contributed by atoms with Crippen molar-refractivity contribution in [2.24, 2.45) is 0 Å². The number of ether oxygens (including phenoxy) is 2. The van der Waals surface area contributed by atoms with Crippen molar-refractivity contribution in [2.45, 2.75) is 51.5 Å². The van der Waals surface area contributed by atoms with Gasteiger partial charge < -0.3 is 14.6 Å². The fraction of sp³-hybridized carbons (Fsp3) is 0.462. The fourth-order valence-corrected chi connectivity index (χ4v) is 4.20. The number of allylic oxidation sites excluding steroid dienone is 1. The number of benzene rings is 2. The van der Waals surface area contributed by atoms with Crippen LogP contribution in [0.2, 0.25) is 0 Å². The van der Waals surface area contributed by atoms with Crippen LogP contribution in [0.3, 0.4) is 0 Å². The highest BCUT2D eigenvalue weighted by Gasteiger charge is 2.35. The van der Waals surface area contributed by atoms with Gasteiger partial charge in [-0.05, 0) is 43.4 Å². The lowest BCUT2D eigenvalue weighted by Gasteiger charge is -2.43. The number of methoxy groups -OCH3 is 1. The molecular weight excluding hydrogens is 374 g/mol. The summed E-state index contributed by atoms with van der Waals surface area (Å²) in [5.41, 5.74) is 5.06. The van der Waals surface area contributed by atoms with E-state index in [0.29, 0.717) is 32.8 Å². The lowest BCUT2D eigenvalue weighted by Crippen LogP contribution is -2.50. The zero-order valence-electron chi connectivity index (χ0n) is 18.5. The van der Waals surface area contributed by atoms with Crippen molar-refractivity contribution in [3.63, 3.8) is 0 Å². The summed E-state index contributed by atoms with van der Waals surface area (Å²) in [5, 5.41) is 10.7. The highest BCUT2D eigenvalue weighted by Crippen LogP contribution is 2.34. The first kappa shape index (κ1) is 22.7. The summed E-state index contributed by atoms with van der Waals surface area (Å²) in [7, 11) is 1.75. The van der Waals surface area contributed by atoms with Gasteiger partial charge in [-0.25, -0.2) is 0 Å². The van der Waals surface area contributed by atoms with E-state index in [9.17, 15) is 5.11 Å². The van der Waals surface area contributed by atoms with Gasteiger partial charge in [-0.15, -0.1) is 0 Å². The van der Waals surface area contributed by atoms with Crippen LogP contribution in [0.25, 0.3) is 0 Å². The van der Waals surface area contributed by atoms with Crippen molar-refractivity contribution in [1.82, 2.24) is 4.90 Å². The second-order valence-corrected chi connectivity index (χ2v) is 8.40. The smallest absolute Gasteiger partial charge is 0.0717 e. The third kappa shape index (κ3) is 6.26. The molecule has 0 saturated heterocycles. The quantitative estimate of drug-likeness (QED) is 0.585. The van der Waals surface area contributed by atoms with E-state index in [1.54, 1.807) is 7.11 Å². The zero-order chi connectivity index (χ0) is 21.3. The third-order valence-corrected chi connectivity index (χ3v) is 5.71. The Morgan fingerprint density at radius 3 is 2.57 bits per heavy atom. The molecule has 3 atom stereocenters. The van der Waals surface area contributed by atoms with Crippen LogP contribution < -0.4 is 0 Å². The molecule has 0 fully saturated rings. The van der Waals surface area contributed by atoms with Gasteiger partial charge in [-0.1, -0.05) is 66.2 Å². The van der Waals surface area contributed by atoms with Gasteiger partial charge in [0, 0.05) is 19.7 Å². The fourth-order valence-electron chi connectivity index (χ4n) is 4.20. The summed E-state index contributed by atoms with van der Waals surface area (Å²) < 4.78 is 11.7. The van der Waals surface area contributed by atoms with Crippen molar-refractivity contribution in [1.29, 1.82) is 0 Å². The maximum atomic E-state index is 10.7. The molecule has 162 valence electrons. The van der Waals surface area contributed by atoms with Crippen LogP contribution >= 0.6 is 0 Å². The summed E-state index contributed by atoms with van der Waals surface area (Å²) in [6.45, 7) is 6.56. The molecule has 2 aromatic rings. The average molecular weight is 410 g/mol. The second-order valence-electron chi connectivity index (χ2n) is 8.40. The van der Waals surface area contributed by atoms with Crippen LogP contribution in [0, 0.1) is 0 Å². The molecule has 0 aliphatic carbocycles. The highest BCUT2D eigenvalue weighted by atomic mass is 16.5. The predicted octanol–water partition coefficient (Wildman–Crippen LogP) is 4.53. The van der Waals surface area contributed by atoms with Crippen LogP contribution in [0.1, 0.15) is 43.0 Å². The van der Waals surface area contributed by atoms with E-state index in [1.807, 2.05) is 18.2 Å². The molecule has 0 spiro atoms. The molecule has 0 unspecified atom stereocenters. The van der Waals surface area contributed by atoms with E-state index in [2.05, 4.69) is 61.2 Å². The SMILES string of the molecule is COC[C@@H]1c2ccccc2C[C@@H](COCc2ccccc2)N1C[C@@H](O)CC=C(C)C. The number of fused-ring (bicyclic) bond motifs is 1. The summed E-state index contributed by atoms with van der Waals surface area (Å²) in [5.74, 6) is 0. The van der Waals surface area contributed by atoms with Gasteiger partial charge in [-0.2, -0.15) is 0 Å². The molecule has 0 bridgehead atoms. The minimum atomic E-state index is -0.416. The molecule has 3 rings (SSSR count). The monoisotopic (exact) mass is 409 g/mol. The van der Waals surface area contributed by atoms with Crippen molar-refractivity contribution in [2.75, 3.05) is 26.9 Å². The summed E-state index contributed by atoms with van der Waals surface area (Å²) in [6, 6.07) is 19.2. The molecule has 1 N–H and O–H groups in total. The van der Waals surface area contributed by atoms with Crippen LogP contribution in [-0.2, 0) is 22.5 Å². The normalized spacial score (nSPS) is 19.9. The third-order valence-electron chi connectivity index (χ3n) is 5.71. The number of rotatable bonds is 10. The standard InChI is InChI=1S/C26H35NO3/c1-20(2)13-14-24(28)16-27-23(18-30-17-21-9-5-4-6-10-21)15-22-11-7-8-12-25(22)26(27)19-29-3/h4-13,23-24,26,28H,14-19H2,1-3H3/t23-,24-,26+/m0/s1. The number of aliphatic hydroxyl groups excluding tert-OH is 1. The zero-order valence-corrected chi connectivity index (χ0v) is 18.5. The van der Waals surface area contributed by atoms with Gasteiger partial charge in [0.15, 0.2) is 0 Å². The van der Waals surface area contributed by atoms with E-state index in [-0.39, 0.29) is 12.1 Å². The molecular formula is C26H35NO3. The minimum Gasteiger partial charge on any atom is -0.391 e. The number of β-amino-alcohol motifs (C(OH)–C–C–N with tert-alkyl or cyclic N) is 1. The van der Waals surface area contributed by atoms with E-state index >= 15 is 0 Å². The van der Waals surface area contributed by atoms with Crippen molar-refractivity contribution in [3.8, 4) is 0 Å². The number of aliphatic hydroxyl groups is 1. The number of hydrogen-bond acceptors (Lipinski definition) is 4. The molecule has 0 saturated carbocycles. The van der Waals surface area contributed by atoms with Crippen LogP contribution in [0.5, 0.6) is 0 Å². The van der Waals surface area contributed by atoms with Gasteiger partial charge in [0.1, 0.15) is 0 Å². The Bertz CT molecular complexity index is 801. The first-order chi connectivity index (χ1) is 14.6. The van der Waals surface area contributed by atoms with Crippen molar-refractivity contribution >= 4 is 0 Å². The average Bonchev–Trinajstić information content (AvgIpc) is 2.75. The first-order valence-electron chi connectivity index (χ1n) is 10.8. The number of hydrogen-bond donors (Lipinski definition) is 1. The second kappa shape index (κ2) is 11.4. The predicted molar refractivity (Wildman–Crippen MR) is 121 cm³/mol. The molecule has 4 heteroatoms. The maximum absolute atomic E-state index is 10.7. The Morgan fingerprint density at radius 2 is 1.83 bits per heavy atom. The van der Waals surface area contributed by atoms with Crippen LogP contribution in [0.15, 0.2) is 66.2 Å². The van der Waals surface area contributed by atoms with Gasteiger partial charge in [-0.3, -0.25) is 4.90 Å². The largest absolute Gasteiger partial charge is 0.391 e. The lowest BCUT2D eigenvalue weighted by atomic mass is 9.88. The first-order valence-corrected chi connectivity index (χ1v) is 10.8.